The summed E-state index contributed by atoms with van der Waals surface area (Å²) in [6, 6.07) is 3.23. The van der Waals surface area contributed by atoms with Gasteiger partial charge in [0, 0.05) is 36.1 Å². The second kappa shape index (κ2) is 2.74. The fourth-order valence-electron chi connectivity index (χ4n) is 1.96. The Morgan fingerprint density at radius 3 is 3.00 bits per heavy atom. The average molecular weight is 188 g/mol. The number of aromatic amines is 1. The zero-order valence-electron chi connectivity index (χ0n) is 7.86. The Bertz CT molecular complexity index is 519. The Hall–Kier alpha value is -1.51. The first kappa shape index (κ1) is 7.85. The Morgan fingerprint density at radius 1 is 1.43 bits per heavy atom. The first-order chi connectivity index (χ1) is 6.83. The maximum atomic E-state index is 11.1. The minimum absolute atomic E-state index is 0.0620. The van der Waals surface area contributed by atoms with E-state index >= 15 is 0 Å². The number of aromatic nitrogens is 2. The molecule has 0 unspecified atom stereocenters. The van der Waals surface area contributed by atoms with Crippen molar-refractivity contribution in [1.82, 2.24) is 9.38 Å². The number of hydrogen-bond acceptors (Lipinski definition) is 1. The average Bonchev–Trinajstić information content (AvgIpc) is 2.43. The fourth-order valence-corrected chi connectivity index (χ4v) is 1.96. The number of imidazole rings is 1. The molecular formula is C11H12N2O. The van der Waals surface area contributed by atoms with Crippen LogP contribution >= 0.6 is 0 Å². The lowest BCUT2D eigenvalue weighted by Crippen LogP contribution is -2.08. The maximum absolute atomic E-state index is 11.1. The quantitative estimate of drug-likeness (QED) is 0.729. The molecule has 1 N–H and O–H groups in total. The van der Waals surface area contributed by atoms with Gasteiger partial charge in [0.15, 0.2) is 5.43 Å². The molecule has 0 radical (unpaired) electrons. The third kappa shape index (κ3) is 1.09. The molecule has 0 spiro atoms. The summed E-state index contributed by atoms with van der Waals surface area (Å²) in [5, 5.41) is 0. The van der Waals surface area contributed by atoms with Gasteiger partial charge >= 0.3 is 0 Å². The van der Waals surface area contributed by atoms with E-state index in [4.69, 9.17) is 0 Å². The van der Waals surface area contributed by atoms with E-state index in [9.17, 15) is 4.79 Å². The van der Waals surface area contributed by atoms with Crippen molar-refractivity contribution in [1.29, 1.82) is 0 Å². The Balaban J connectivity index is 2.14. The van der Waals surface area contributed by atoms with Crippen LogP contribution in [0, 0.1) is 0 Å². The molecule has 1 aliphatic rings. The molecule has 1 aliphatic carbocycles. The molecule has 0 aliphatic heterocycles. The van der Waals surface area contributed by atoms with Crippen molar-refractivity contribution in [3.8, 4) is 0 Å². The van der Waals surface area contributed by atoms with Crippen LogP contribution in [0.3, 0.4) is 0 Å². The molecule has 0 atom stereocenters. The summed E-state index contributed by atoms with van der Waals surface area (Å²) in [6.45, 7) is 0. The van der Waals surface area contributed by atoms with Gasteiger partial charge in [-0.25, -0.2) is 0 Å². The van der Waals surface area contributed by atoms with Crippen LogP contribution in [0.4, 0.5) is 0 Å². The summed E-state index contributed by atoms with van der Waals surface area (Å²) in [6.07, 6.45) is 7.79. The molecule has 2 aromatic rings. The Kier molecular flexibility index (Phi) is 1.54. The summed E-state index contributed by atoms with van der Waals surface area (Å²) < 4.78 is 1.98. The fraction of sp³-hybridized carbons (Fsp3) is 0.364. The lowest BCUT2D eigenvalue weighted by atomic mass is 9.83. The van der Waals surface area contributed by atoms with Crippen molar-refractivity contribution < 1.29 is 0 Å². The molecule has 0 saturated heterocycles. The highest BCUT2D eigenvalue weighted by Gasteiger charge is 2.20. The second-order valence-electron chi connectivity index (χ2n) is 3.99. The summed E-state index contributed by atoms with van der Waals surface area (Å²) in [5.41, 5.74) is 2.23. The third-order valence-electron chi connectivity index (χ3n) is 3.05. The van der Waals surface area contributed by atoms with Crippen LogP contribution in [0.2, 0.25) is 0 Å². The number of rotatable bonds is 1. The van der Waals surface area contributed by atoms with E-state index in [1.54, 1.807) is 12.1 Å². The van der Waals surface area contributed by atoms with Gasteiger partial charge in [0.2, 0.25) is 0 Å². The smallest absolute Gasteiger partial charge is 0.183 e. The minimum atomic E-state index is 0.0620. The first-order valence-corrected chi connectivity index (χ1v) is 5.04. The van der Waals surface area contributed by atoms with Gasteiger partial charge in [0.05, 0.1) is 0 Å². The summed E-state index contributed by atoms with van der Waals surface area (Å²) in [4.78, 5) is 14.4. The van der Waals surface area contributed by atoms with Crippen LogP contribution < -0.4 is 5.43 Å². The largest absolute Gasteiger partial charge is 0.343 e. The van der Waals surface area contributed by atoms with E-state index in [0.717, 1.165) is 5.65 Å². The van der Waals surface area contributed by atoms with Crippen molar-refractivity contribution in [2.45, 2.75) is 25.2 Å². The highest BCUT2D eigenvalue weighted by Crippen LogP contribution is 2.35. The van der Waals surface area contributed by atoms with Crippen LogP contribution in [0.15, 0.2) is 29.3 Å². The Morgan fingerprint density at radius 2 is 2.29 bits per heavy atom. The highest BCUT2D eigenvalue weighted by molar-refractivity contribution is 5.40. The SMILES string of the molecule is O=c1ccn2cc(C3CCC3)[nH]c2c1. The van der Waals surface area contributed by atoms with Gasteiger partial charge < -0.3 is 9.38 Å². The monoisotopic (exact) mass is 188 g/mol. The number of nitrogens with one attached hydrogen (secondary N) is 1. The van der Waals surface area contributed by atoms with Crippen LogP contribution in [0.1, 0.15) is 30.9 Å². The van der Waals surface area contributed by atoms with E-state index < -0.39 is 0 Å². The van der Waals surface area contributed by atoms with Gasteiger partial charge in [-0.2, -0.15) is 0 Å². The van der Waals surface area contributed by atoms with Gasteiger partial charge in [-0.05, 0) is 12.8 Å². The van der Waals surface area contributed by atoms with Crippen molar-refractivity contribution in [3.05, 3.63) is 40.4 Å². The van der Waals surface area contributed by atoms with Crippen LogP contribution in [0.5, 0.6) is 0 Å². The summed E-state index contributed by atoms with van der Waals surface area (Å²) in [7, 11) is 0. The molecule has 72 valence electrons. The second-order valence-corrected chi connectivity index (χ2v) is 3.99. The molecule has 0 amide bonds. The van der Waals surface area contributed by atoms with Crippen molar-refractivity contribution in [2.24, 2.45) is 0 Å². The molecule has 1 fully saturated rings. The number of nitrogens with zero attached hydrogens (tertiary/aromatic N) is 1. The molecule has 2 aromatic heterocycles. The number of H-pyrrole nitrogens is 1. The zero-order chi connectivity index (χ0) is 9.54. The predicted molar refractivity (Wildman–Crippen MR) is 54.6 cm³/mol. The van der Waals surface area contributed by atoms with E-state index in [1.165, 1.54) is 25.0 Å². The third-order valence-corrected chi connectivity index (χ3v) is 3.05. The number of pyridine rings is 1. The van der Waals surface area contributed by atoms with Gasteiger partial charge in [-0.15, -0.1) is 0 Å². The molecule has 0 aromatic carbocycles. The molecule has 2 heterocycles. The van der Waals surface area contributed by atoms with E-state index in [2.05, 4.69) is 11.2 Å². The van der Waals surface area contributed by atoms with Gasteiger partial charge in [0.1, 0.15) is 5.65 Å². The van der Waals surface area contributed by atoms with Gasteiger partial charge in [-0.1, -0.05) is 6.42 Å². The van der Waals surface area contributed by atoms with E-state index in [1.807, 2.05) is 10.6 Å². The molecular weight excluding hydrogens is 176 g/mol. The zero-order valence-corrected chi connectivity index (χ0v) is 7.86. The highest BCUT2D eigenvalue weighted by atomic mass is 16.1. The molecule has 3 nitrogen and oxygen atoms in total. The van der Waals surface area contributed by atoms with E-state index in [0.29, 0.717) is 5.92 Å². The standard InChI is InChI=1S/C11H12N2O/c14-9-4-5-13-7-10(8-2-1-3-8)12-11(13)6-9/h4-8,12H,1-3H2. The summed E-state index contributed by atoms with van der Waals surface area (Å²) in [5.74, 6) is 0.685. The van der Waals surface area contributed by atoms with Crippen molar-refractivity contribution in [3.63, 3.8) is 0 Å². The molecule has 0 bridgehead atoms. The normalized spacial score (nSPS) is 17.1. The van der Waals surface area contributed by atoms with Crippen molar-refractivity contribution in [2.75, 3.05) is 0 Å². The lowest BCUT2D eigenvalue weighted by molar-refractivity contribution is 0.412. The maximum Gasteiger partial charge on any atom is 0.183 e. The molecule has 3 heteroatoms. The topological polar surface area (TPSA) is 37.3 Å². The first-order valence-electron chi connectivity index (χ1n) is 5.04. The lowest BCUT2D eigenvalue weighted by Gasteiger charge is -2.23. The van der Waals surface area contributed by atoms with Gasteiger partial charge in [-0.3, -0.25) is 4.79 Å². The van der Waals surface area contributed by atoms with Crippen LogP contribution in [-0.4, -0.2) is 9.38 Å². The summed E-state index contributed by atoms with van der Waals surface area (Å²) >= 11 is 0. The van der Waals surface area contributed by atoms with Gasteiger partial charge in [0.25, 0.3) is 0 Å². The van der Waals surface area contributed by atoms with E-state index in [-0.39, 0.29) is 5.43 Å². The number of fused-ring (bicyclic) bond motifs is 1. The van der Waals surface area contributed by atoms with Crippen molar-refractivity contribution >= 4 is 5.65 Å². The molecule has 14 heavy (non-hydrogen) atoms. The molecule has 3 rings (SSSR count). The van der Waals surface area contributed by atoms with Crippen LogP contribution in [-0.2, 0) is 0 Å². The Labute approximate surface area is 81.4 Å². The minimum Gasteiger partial charge on any atom is -0.343 e. The predicted octanol–water partition coefficient (Wildman–Crippen LogP) is 1.90. The number of hydrogen-bond donors (Lipinski definition) is 1. The van der Waals surface area contributed by atoms with Crippen LogP contribution in [0.25, 0.3) is 5.65 Å². The molecule has 1 saturated carbocycles.